The van der Waals surface area contributed by atoms with Gasteiger partial charge in [-0.25, -0.2) is 0 Å². The van der Waals surface area contributed by atoms with Crippen LogP contribution in [-0.2, 0) is 0 Å². The predicted molar refractivity (Wildman–Crippen MR) is 116 cm³/mol. The Morgan fingerprint density at radius 3 is 2.60 bits per heavy atom. The van der Waals surface area contributed by atoms with Crippen LogP contribution in [0.15, 0.2) is 50.0 Å². The van der Waals surface area contributed by atoms with Crippen LogP contribution in [0.1, 0.15) is 53.4 Å². The Labute approximate surface area is 175 Å². The molecule has 1 saturated heterocycles. The van der Waals surface area contributed by atoms with Crippen LogP contribution in [0.2, 0.25) is 0 Å². The number of rotatable bonds is 5. The zero-order valence-corrected chi connectivity index (χ0v) is 17.7. The first-order chi connectivity index (χ1) is 14.4. The van der Waals surface area contributed by atoms with E-state index in [9.17, 15) is 9.59 Å². The SMILES string of the molecule is Cc1ccc2oc(C(=O)NC[C@H](c3ccc(C)o3)N3CCC(C)CC3)cc(=O)c2c1. The van der Waals surface area contributed by atoms with Gasteiger partial charge in [-0.2, -0.15) is 0 Å². The summed E-state index contributed by atoms with van der Waals surface area (Å²) in [6.45, 7) is 8.42. The zero-order valence-electron chi connectivity index (χ0n) is 17.7. The minimum atomic E-state index is -0.395. The molecule has 1 aromatic carbocycles. The second-order valence-electron chi connectivity index (χ2n) is 8.37. The van der Waals surface area contributed by atoms with E-state index >= 15 is 0 Å². The third kappa shape index (κ3) is 4.33. The maximum atomic E-state index is 12.8. The Kier molecular flexibility index (Phi) is 5.77. The molecular formula is C24H28N2O4. The molecule has 0 aliphatic carbocycles. The normalized spacial score (nSPS) is 16.6. The number of furan rings is 1. The quantitative estimate of drug-likeness (QED) is 0.685. The number of nitrogens with one attached hydrogen (secondary N) is 1. The van der Waals surface area contributed by atoms with Gasteiger partial charge in [-0.3, -0.25) is 14.5 Å². The molecule has 1 N–H and O–H groups in total. The minimum absolute atomic E-state index is 0.0259. The monoisotopic (exact) mass is 408 g/mol. The van der Waals surface area contributed by atoms with Crippen molar-refractivity contribution in [1.82, 2.24) is 10.2 Å². The van der Waals surface area contributed by atoms with Crippen LogP contribution in [0.25, 0.3) is 11.0 Å². The molecule has 0 spiro atoms. The van der Waals surface area contributed by atoms with Crippen molar-refractivity contribution in [2.24, 2.45) is 5.92 Å². The molecular weight excluding hydrogens is 380 g/mol. The van der Waals surface area contributed by atoms with Crippen molar-refractivity contribution in [3.63, 3.8) is 0 Å². The van der Waals surface area contributed by atoms with E-state index < -0.39 is 5.91 Å². The average molecular weight is 408 g/mol. The van der Waals surface area contributed by atoms with E-state index in [0.717, 1.165) is 43.0 Å². The fraction of sp³-hybridized carbons (Fsp3) is 0.417. The average Bonchev–Trinajstić information content (AvgIpc) is 3.15. The molecule has 30 heavy (non-hydrogen) atoms. The van der Waals surface area contributed by atoms with E-state index in [1.54, 1.807) is 12.1 Å². The van der Waals surface area contributed by atoms with E-state index in [4.69, 9.17) is 8.83 Å². The summed E-state index contributed by atoms with van der Waals surface area (Å²) >= 11 is 0. The Balaban J connectivity index is 1.53. The number of carbonyl (C=O) groups is 1. The van der Waals surface area contributed by atoms with Crippen LogP contribution in [0.3, 0.4) is 0 Å². The molecule has 1 aliphatic rings. The Hall–Kier alpha value is -2.86. The maximum absolute atomic E-state index is 12.8. The van der Waals surface area contributed by atoms with Crippen LogP contribution >= 0.6 is 0 Å². The van der Waals surface area contributed by atoms with Gasteiger partial charge >= 0.3 is 0 Å². The standard InChI is InChI=1S/C24H28N2O4/c1-15-8-10-26(11-9-15)19(22-7-5-17(3)29-22)14-25-24(28)23-13-20(27)18-12-16(2)4-6-21(18)30-23/h4-7,12-13,15,19H,8-11,14H2,1-3H3,(H,25,28)/t19-/m1/s1. The summed E-state index contributed by atoms with van der Waals surface area (Å²) in [6, 6.07) is 10.5. The molecule has 3 aromatic rings. The van der Waals surface area contributed by atoms with Crippen molar-refractivity contribution < 1.29 is 13.6 Å². The first-order valence-corrected chi connectivity index (χ1v) is 10.5. The highest BCUT2D eigenvalue weighted by Gasteiger charge is 2.27. The number of fused-ring (bicyclic) bond motifs is 1. The van der Waals surface area contributed by atoms with Crippen LogP contribution in [0.4, 0.5) is 0 Å². The second kappa shape index (κ2) is 8.48. The first-order valence-electron chi connectivity index (χ1n) is 10.5. The van der Waals surface area contributed by atoms with Crippen LogP contribution in [0.5, 0.6) is 0 Å². The Morgan fingerprint density at radius 1 is 1.13 bits per heavy atom. The Morgan fingerprint density at radius 2 is 1.90 bits per heavy atom. The summed E-state index contributed by atoms with van der Waals surface area (Å²) in [5, 5.41) is 3.43. The molecule has 0 unspecified atom stereocenters. The summed E-state index contributed by atoms with van der Waals surface area (Å²) in [4.78, 5) is 27.6. The summed E-state index contributed by atoms with van der Waals surface area (Å²) < 4.78 is 11.6. The topological polar surface area (TPSA) is 75.7 Å². The Bertz CT molecular complexity index is 1110. The third-order valence-corrected chi connectivity index (χ3v) is 5.91. The van der Waals surface area contributed by atoms with Crippen molar-refractivity contribution in [1.29, 1.82) is 0 Å². The number of amides is 1. The van der Waals surface area contributed by atoms with Crippen molar-refractivity contribution in [2.75, 3.05) is 19.6 Å². The van der Waals surface area contributed by atoms with Gasteiger partial charge in [0.1, 0.15) is 17.1 Å². The fourth-order valence-electron chi connectivity index (χ4n) is 4.04. The number of piperidine rings is 1. The summed E-state index contributed by atoms with van der Waals surface area (Å²) in [5.74, 6) is 2.04. The van der Waals surface area contributed by atoms with Gasteiger partial charge in [0, 0.05) is 12.6 Å². The van der Waals surface area contributed by atoms with Gasteiger partial charge in [0.05, 0.1) is 11.4 Å². The van der Waals surface area contributed by atoms with Gasteiger partial charge < -0.3 is 14.2 Å². The van der Waals surface area contributed by atoms with Crippen LogP contribution < -0.4 is 10.7 Å². The third-order valence-electron chi connectivity index (χ3n) is 5.91. The molecule has 6 nitrogen and oxygen atoms in total. The molecule has 4 rings (SSSR count). The molecule has 1 atom stereocenters. The summed E-state index contributed by atoms with van der Waals surface area (Å²) in [7, 11) is 0. The van der Waals surface area contributed by atoms with Gasteiger partial charge in [0.15, 0.2) is 11.2 Å². The lowest BCUT2D eigenvalue weighted by Crippen LogP contribution is -2.41. The fourth-order valence-corrected chi connectivity index (χ4v) is 4.04. The van der Waals surface area contributed by atoms with Gasteiger partial charge in [0.25, 0.3) is 5.91 Å². The zero-order chi connectivity index (χ0) is 21.3. The molecule has 1 fully saturated rings. The van der Waals surface area contributed by atoms with E-state index in [-0.39, 0.29) is 17.2 Å². The molecule has 2 aromatic heterocycles. The number of hydrogen-bond acceptors (Lipinski definition) is 5. The highest BCUT2D eigenvalue weighted by atomic mass is 16.3. The van der Waals surface area contributed by atoms with Crippen molar-refractivity contribution in [3.05, 3.63) is 69.5 Å². The van der Waals surface area contributed by atoms with Crippen molar-refractivity contribution in [2.45, 2.75) is 39.7 Å². The van der Waals surface area contributed by atoms with Crippen LogP contribution in [-0.4, -0.2) is 30.4 Å². The van der Waals surface area contributed by atoms with Gasteiger partial charge in [0.2, 0.25) is 0 Å². The molecule has 0 saturated carbocycles. The van der Waals surface area contributed by atoms with E-state index in [2.05, 4.69) is 17.1 Å². The number of benzene rings is 1. The van der Waals surface area contributed by atoms with Gasteiger partial charge in [-0.1, -0.05) is 18.6 Å². The number of nitrogens with zero attached hydrogens (tertiary/aromatic N) is 1. The van der Waals surface area contributed by atoms with Gasteiger partial charge in [-0.05, 0) is 70.0 Å². The van der Waals surface area contributed by atoms with E-state index in [1.807, 2.05) is 32.0 Å². The lowest BCUT2D eigenvalue weighted by atomic mass is 9.97. The summed E-state index contributed by atoms with van der Waals surface area (Å²) in [6.07, 6.45) is 2.26. The number of likely N-dealkylation sites (tertiary alicyclic amines) is 1. The second-order valence-corrected chi connectivity index (χ2v) is 8.37. The molecule has 1 aliphatic heterocycles. The number of aryl methyl sites for hydroxylation is 2. The molecule has 6 heteroatoms. The lowest BCUT2D eigenvalue weighted by molar-refractivity contribution is 0.0870. The van der Waals surface area contributed by atoms with Crippen molar-refractivity contribution in [3.8, 4) is 0 Å². The maximum Gasteiger partial charge on any atom is 0.287 e. The predicted octanol–water partition coefficient (Wildman–Crippen LogP) is 4.21. The lowest BCUT2D eigenvalue weighted by Gasteiger charge is -2.35. The van der Waals surface area contributed by atoms with Crippen LogP contribution in [0, 0.1) is 19.8 Å². The molecule has 0 radical (unpaired) electrons. The number of hydrogen-bond donors (Lipinski definition) is 1. The van der Waals surface area contributed by atoms with Gasteiger partial charge in [-0.15, -0.1) is 0 Å². The smallest absolute Gasteiger partial charge is 0.287 e. The molecule has 1 amide bonds. The number of carbonyl (C=O) groups excluding carboxylic acids is 1. The highest BCUT2D eigenvalue weighted by molar-refractivity contribution is 5.93. The van der Waals surface area contributed by atoms with E-state index in [1.165, 1.54) is 6.07 Å². The molecule has 0 bridgehead atoms. The molecule has 158 valence electrons. The van der Waals surface area contributed by atoms with Crippen molar-refractivity contribution >= 4 is 16.9 Å². The molecule has 3 heterocycles. The largest absolute Gasteiger partial charge is 0.465 e. The highest BCUT2D eigenvalue weighted by Crippen LogP contribution is 2.27. The summed E-state index contributed by atoms with van der Waals surface area (Å²) in [5.41, 5.74) is 1.18. The van der Waals surface area contributed by atoms with E-state index in [0.29, 0.717) is 23.4 Å². The minimum Gasteiger partial charge on any atom is -0.465 e. The first kappa shape index (κ1) is 20.4.